The third-order valence-electron chi connectivity index (χ3n) is 2.47. The van der Waals surface area contributed by atoms with Crippen molar-refractivity contribution in [3.8, 4) is 0 Å². The molecule has 1 unspecified atom stereocenters. The van der Waals surface area contributed by atoms with Crippen molar-refractivity contribution in [1.82, 2.24) is 0 Å². The first kappa shape index (κ1) is 14.6. The molecule has 0 aromatic carbocycles. The molecule has 0 aromatic heterocycles. The standard InChI is InChI=1S/C11H23O.O.Sn/c1-3-5-7-8-10-11(12)9-6-4-2;;/h11H,3-10H2,1-2H3;;/q-1;;+1. The van der Waals surface area contributed by atoms with Crippen LogP contribution in [-0.4, -0.2) is 27.6 Å². The fourth-order valence-electron chi connectivity index (χ4n) is 1.56. The van der Waals surface area contributed by atoms with Gasteiger partial charge in [0, 0.05) is 0 Å². The predicted molar refractivity (Wildman–Crippen MR) is 59.6 cm³/mol. The average molecular weight is 306 g/mol. The summed E-state index contributed by atoms with van der Waals surface area (Å²) in [6, 6.07) is 0. The van der Waals surface area contributed by atoms with E-state index in [1.54, 1.807) is 0 Å². The van der Waals surface area contributed by atoms with Crippen molar-refractivity contribution >= 4 is 21.5 Å². The first-order valence-corrected chi connectivity index (χ1v) is 8.21. The Morgan fingerprint density at radius 1 is 1.00 bits per heavy atom. The maximum atomic E-state index is 10.5. The van der Waals surface area contributed by atoms with Gasteiger partial charge in [-0.3, -0.25) is 0 Å². The van der Waals surface area contributed by atoms with Gasteiger partial charge < -0.3 is 0 Å². The van der Waals surface area contributed by atoms with Gasteiger partial charge in [0.2, 0.25) is 0 Å². The van der Waals surface area contributed by atoms with E-state index < -0.39 is 21.5 Å². The Labute approximate surface area is 98.9 Å². The Balaban J connectivity index is 3.45. The van der Waals surface area contributed by atoms with E-state index >= 15 is 0 Å². The van der Waals surface area contributed by atoms with Crippen LogP contribution in [0.15, 0.2) is 0 Å². The minimum absolute atomic E-state index is 0.302. The average Bonchev–Trinajstić information content (AvgIpc) is 2.20. The molecule has 0 heterocycles. The molecule has 1 radical (unpaired) electrons. The van der Waals surface area contributed by atoms with Crippen molar-refractivity contribution in [2.24, 2.45) is 0 Å². The van der Waals surface area contributed by atoms with E-state index in [1.807, 2.05) is 0 Å². The molecule has 2 nitrogen and oxygen atoms in total. The van der Waals surface area contributed by atoms with E-state index in [0.717, 1.165) is 12.8 Å². The number of unbranched alkanes of at least 4 members (excludes halogenated alkanes) is 4. The van der Waals surface area contributed by atoms with Gasteiger partial charge in [0.25, 0.3) is 0 Å². The van der Waals surface area contributed by atoms with Crippen LogP contribution in [0.2, 0.25) is 0 Å². The third-order valence-corrected chi connectivity index (χ3v) is 3.70. The van der Waals surface area contributed by atoms with Crippen molar-refractivity contribution in [3.05, 3.63) is 0 Å². The first-order chi connectivity index (χ1) is 6.85. The minimum atomic E-state index is -1.69. The number of rotatable bonds is 10. The number of hydrogen-bond donors (Lipinski definition) is 0. The molecule has 0 aliphatic carbocycles. The van der Waals surface area contributed by atoms with Gasteiger partial charge in [-0.25, -0.2) is 0 Å². The van der Waals surface area contributed by atoms with Crippen LogP contribution in [0.1, 0.15) is 65.2 Å². The van der Waals surface area contributed by atoms with Crippen LogP contribution in [0, 0.1) is 0 Å². The summed E-state index contributed by atoms with van der Waals surface area (Å²) in [5.74, 6) is 0. The Kier molecular flexibility index (Phi) is 12.1. The molecule has 0 saturated heterocycles. The molecular formula is C11H23O2Sn. The van der Waals surface area contributed by atoms with E-state index in [4.69, 9.17) is 3.07 Å². The van der Waals surface area contributed by atoms with Crippen LogP contribution in [0.5, 0.6) is 0 Å². The molecule has 0 bridgehead atoms. The summed E-state index contributed by atoms with van der Waals surface area (Å²) in [5.41, 5.74) is 0. The molecule has 3 heteroatoms. The second-order valence-corrected chi connectivity index (χ2v) is 4.96. The molecule has 0 spiro atoms. The Morgan fingerprint density at radius 3 is 2.21 bits per heavy atom. The second-order valence-electron chi connectivity index (χ2n) is 3.81. The summed E-state index contributed by atoms with van der Waals surface area (Å²) in [6.45, 7) is 4.41. The summed E-state index contributed by atoms with van der Waals surface area (Å²) < 4.78 is 15.9. The molecule has 1 atom stereocenters. The summed E-state index contributed by atoms with van der Waals surface area (Å²) in [6.07, 6.45) is 10.1. The van der Waals surface area contributed by atoms with E-state index in [2.05, 4.69) is 13.8 Å². The van der Waals surface area contributed by atoms with Crippen molar-refractivity contribution in [3.63, 3.8) is 0 Å². The fraction of sp³-hybridized carbons (Fsp3) is 1.00. The molecule has 0 saturated carbocycles. The Bertz CT molecular complexity index is 128. The predicted octanol–water partition coefficient (Wildman–Crippen LogP) is 3.50. The van der Waals surface area contributed by atoms with Crippen molar-refractivity contribution < 1.29 is 6.15 Å². The molecule has 0 fully saturated rings. The quantitative estimate of drug-likeness (QED) is 0.456. The molecule has 0 aliphatic rings. The van der Waals surface area contributed by atoms with E-state index in [9.17, 15) is 3.08 Å². The SMILES string of the molecule is CCCCCCC(CCCC)[O][Sn]=[O]. The zero-order valence-corrected chi connectivity index (χ0v) is 12.4. The van der Waals surface area contributed by atoms with Crippen molar-refractivity contribution in [1.29, 1.82) is 0 Å². The summed E-state index contributed by atoms with van der Waals surface area (Å²) in [5, 5.41) is 0. The Hall–Kier alpha value is 0.559. The zero-order valence-electron chi connectivity index (χ0n) is 9.55. The van der Waals surface area contributed by atoms with Crippen LogP contribution in [0.3, 0.4) is 0 Å². The van der Waals surface area contributed by atoms with E-state index in [-0.39, 0.29) is 0 Å². The molecule has 0 N–H and O–H groups in total. The second kappa shape index (κ2) is 11.6. The van der Waals surface area contributed by atoms with Crippen molar-refractivity contribution in [2.75, 3.05) is 0 Å². The Morgan fingerprint density at radius 2 is 1.64 bits per heavy atom. The van der Waals surface area contributed by atoms with E-state index in [0.29, 0.717) is 6.10 Å². The van der Waals surface area contributed by atoms with Gasteiger partial charge in [-0.15, -0.1) is 0 Å². The molecule has 0 rings (SSSR count). The van der Waals surface area contributed by atoms with Gasteiger partial charge >= 0.3 is 99.0 Å². The van der Waals surface area contributed by atoms with Crippen LogP contribution in [-0.2, 0) is 6.15 Å². The van der Waals surface area contributed by atoms with Gasteiger partial charge in [-0.2, -0.15) is 0 Å². The van der Waals surface area contributed by atoms with Crippen LogP contribution >= 0.6 is 0 Å². The van der Waals surface area contributed by atoms with Crippen LogP contribution in [0.4, 0.5) is 0 Å². The fourth-order valence-corrected chi connectivity index (χ4v) is 2.62. The van der Waals surface area contributed by atoms with Gasteiger partial charge in [0.15, 0.2) is 0 Å². The third kappa shape index (κ3) is 9.13. The molecule has 0 aromatic rings. The molecule has 83 valence electrons. The van der Waals surface area contributed by atoms with Crippen LogP contribution < -0.4 is 0 Å². The van der Waals surface area contributed by atoms with E-state index in [1.165, 1.54) is 38.5 Å². The molecular weight excluding hydrogens is 283 g/mol. The van der Waals surface area contributed by atoms with Gasteiger partial charge in [-0.1, -0.05) is 0 Å². The molecule has 0 amide bonds. The zero-order chi connectivity index (χ0) is 10.6. The van der Waals surface area contributed by atoms with Gasteiger partial charge in [-0.05, 0) is 0 Å². The monoisotopic (exact) mass is 307 g/mol. The first-order valence-electron chi connectivity index (χ1n) is 5.87. The topological polar surface area (TPSA) is 26.3 Å². The van der Waals surface area contributed by atoms with Crippen molar-refractivity contribution in [2.45, 2.75) is 71.3 Å². The summed E-state index contributed by atoms with van der Waals surface area (Å²) >= 11 is -1.69. The molecule has 14 heavy (non-hydrogen) atoms. The van der Waals surface area contributed by atoms with Gasteiger partial charge in [0.1, 0.15) is 0 Å². The summed E-state index contributed by atoms with van der Waals surface area (Å²) in [4.78, 5) is 0. The maximum absolute atomic E-state index is 10.5. The normalized spacial score (nSPS) is 12.7. The molecule has 0 aliphatic heterocycles. The van der Waals surface area contributed by atoms with Gasteiger partial charge in [0.05, 0.1) is 0 Å². The van der Waals surface area contributed by atoms with Crippen LogP contribution in [0.25, 0.3) is 0 Å². The summed E-state index contributed by atoms with van der Waals surface area (Å²) in [7, 11) is 0. The number of hydrogen-bond acceptors (Lipinski definition) is 2.